The van der Waals surface area contributed by atoms with Crippen LogP contribution in [0.15, 0.2) is 0 Å². The Bertz CT molecular complexity index is 175. The van der Waals surface area contributed by atoms with E-state index in [0.29, 0.717) is 0 Å². The van der Waals surface area contributed by atoms with Gasteiger partial charge < -0.3 is 10.2 Å². The molecule has 1 heterocycles. The van der Waals surface area contributed by atoms with Gasteiger partial charge in [0.25, 0.3) is 0 Å². The average molecular weight is 210 g/mol. The maximum absolute atomic E-state index is 3.69. The van der Waals surface area contributed by atoms with Crippen LogP contribution in [0.2, 0.25) is 0 Å². The highest BCUT2D eigenvalue weighted by atomic mass is 15.2. The molecule has 0 aromatic heterocycles. The van der Waals surface area contributed by atoms with Gasteiger partial charge >= 0.3 is 0 Å². The predicted octanol–water partition coefficient (Wildman–Crippen LogP) is 2.25. The topological polar surface area (TPSA) is 15.3 Å². The monoisotopic (exact) mass is 210 g/mol. The van der Waals surface area contributed by atoms with Crippen molar-refractivity contribution in [3.05, 3.63) is 0 Å². The largest absolute Gasteiger partial charge is 0.315 e. The number of hydrogen-bond acceptors (Lipinski definition) is 2. The first-order valence-electron chi connectivity index (χ1n) is 6.77. The first kappa shape index (κ1) is 11.4. The Morgan fingerprint density at radius 3 is 2.47 bits per heavy atom. The van der Waals surface area contributed by atoms with E-state index in [1.165, 1.54) is 64.6 Å². The highest BCUT2D eigenvalue weighted by Gasteiger charge is 2.20. The molecule has 1 saturated heterocycles. The van der Waals surface area contributed by atoms with Crippen LogP contribution in [0.3, 0.4) is 0 Å². The summed E-state index contributed by atoms with van der Waals surface area (Å²) in [6.45, 7) is 3.78. The minimum absolute atomic E-state index is 0.814. The zero-order valence-corrected chi connectivity index (χ0v) is 10.2. The van der Waals surface area contributed by atoms with E-state index in [1.807, 2.05) is 0 Å². The summed E-state index contributed by atoms with van der Waals surface area (Å²) < 4.78 is 0. The summed E-state index contributed by atoms with van der Waals surface area (Å²) in [5.41, 5.74) is 0. The molecule has 1 saturated carbocycles. The van der Waals surface area contributed by atoms with Gasteiger partial charge in [0.05, 0.1) is 0 Å². The van der Waals surface area contributed by atoms with Gasteiger partial charge in [-0.2, -0.15) is 0 Å². The molecule has 0 aromatic carbocycles. The number of rotatable bonds is 4. The quantitative estimate of drug-likeness (QED) is 0.765. The minimum atomic E-state index is 0.814. The number of likely N-dealkylation sites (N-methyl/N-ethyl adjacent to an activating group) is 1. The molecule has 0 radical (unpaired) electrons. The third-order valence-corrected chi connectivity index (χ3v) is 4.21. The molecule has 2 rings (SSSR count). The van der Waals surface area contributed by atoms with Crippen LogP contribution in [0.4, 0.5) is 0 Å². The van der Waals surface area contributed by atoms with Crippen LogP contribution in [-0.4, -0.2) is 37.6 Å². The van der Waals surface area contributed by atoms with Crippen molar-refractivity contribution in [3.8, 4) is 0 Å². The van der Waals surface area contributed by atoms with E-state index in [-0.39, 0.29) is 0 Å². The van der Waals surface area contributed by atoms with Gasteiger partial charge in [0.1, 0.15) is 0 Å². The smallest absolute Gasteiger partial charge is 0.0218 e. The van der Waals surface area contributed by atoms with E-state index >= 15 is 0 Å². The molecule has 1 atom stereocenters. The Morgan fingerprint density at radius 1 is 1.00 bits per heavy atom. The Labute approximate surface area is 94.4 Å². The number of hydrogen-bond donors (Lipinski definition) is 1. The molecule has 2 fully saturated rings. The van der Waals surface area contributed by atoms with Crippen molar-refractivity contribution in [1.82, 2.24) is 10.2 Å². The first-order valence-corrected chi connectivity index (χ1v) is 6.77. The maximum atomic E-state index is 3.69. The molecule has 15 heavy (non-hydrogen) atoms. The molecule has 0 amide bonds. The number of likely N-dealkylation sites (tertiary alicyclic amines) is 1. The SMILES string of the molecule is CN1CCCC1CNCC1CCCCC1. The summed E-state index contributed by atoms with van der Waals surface area (Å²) >= 11 is 0. The van der Waals surface area contributed by atoms with Crippen molar-refractivity contribution in [2.24, 2.45) is 5.92 Å². The standard InChI is InChI=1S/C13H26N2/c1-15-9-5-8-13(15)11-14-10-12-6-3-2-4-7-12/h12-14H,2-11H2,1H3. The van der Waals surface area contributed by atoms with Gasteiger partial charge in [-0.1, -0.05) is 19.3 Å². The van der Waals surface area contributed by atoms with E-state index in [0.717, 1.165) is 12.0 Å². The molecule has 1 N–H and O–H groups in total. The van der Waals surface area contributed by atoms with Crippen LogP contribution in [0, 0.1) is 5.92 Å². The van der Waals surface area contributed by atoms with Crippen molar-refractivity contribution in [2.75, 3.05) is 26.7 Å². The van der Waals surface area contributed by atoms with Gasteiger partial charge in [-0.3, -0.25) is 0 Å². The van der Waals surface area contributed by atoms with Crippen LogP contribution >= 0.6 is 0 Å². The highest BCUT2D eigenvalue weighted by molar-refractivity contribution is 4.79. The zero-order chi connectivity index (χ0) is 10.5. The summed E-state index contributed by atoms with van der Waals surface area (Å²) in [5, 5.41) is 3.69. The predicted molar refractivity (Wildman–Crippen MR) is 65.1 cm³/mol. The molecule has 1 aliphatic heterocycles. The fourth-order valence-electron chi connectivity index (χ4n) is 3.08. The molecule has 0 spiro atoms. The summed E-state index contributed by atoms with van der Waals surface area (Å²) in [7, 11) is 2.26. The summed E-state index contributed by atoms with van der Waals surface area (Å²) in [4.78, 5) is 2.51. The summed E-state index contributed by atoms with van der Waals surface area (Å²) in [6, 6.07) is 0.814. The summed E-state index contributed by atoms with van der Waals surface area (Å²) in [6.07, 6.45) is 10.1. The van der Waals surface area contributed by atoms with Crippen LogP contribution in [-0.2, 0) is 0 Å². The van der Waals surface area contributed by atoms with Gasteiger partial charge in [-0.05, 0) is 51.7 Å². The Morgan fingerprint density at radius 2 is 1.80 bits per heavy atom. The van der Waals surface area contributed by atoms with E-state index in [1.54, 1.807) is 0 Å². The summed E-state index contributed by atoms with van der Waals surface area (Å²) in [5.74, 6) is 0.977. The van der Waals surface area contributed by atoms with E-state index in [9.17, 15) is 0 Å². The van der Waals surface area contributed by atoms with Crippen LogP contribution in [0.1, 0.15) is 44.9 Å². The lowest BCUT2D eigenvalue weighted by molar-refractivity contribution is 0.283. The second-order valence-electron chi connectivity index (χ2n) is 5.44. The first-order chi connectivity index (χ1) is 7.36. The Kier molecular flexibility index (Phi) is 4.45. The molecule has 1 unspecified atom stereocenters. The van der Waals surface area contributed by atoms with Crippen molar-refractivity contribution in [2.45, 2.75) is 51.0 Å². The highest BCUT2D eigenvalue weighted by Crippen LogP contribution is 2.22. The van der Waals surface area contributed by atoms with Gasteiger partial charge in [-0.15, -0.1) is 0 Å². The minimum Gasteiger partial charge on any atom is -0.315 e. The van der Waals surface area contributed by atoms with Gasteiger partial charge in [0.2, 0.25) is 0 Å². The molecule has 2 aliphatic rings. The third-order valence-electron chi connectivity index (χ3n) is 4.21. The normalized spacial score (nSPS) is 29.8. The van der Waals surface area contributed by atoms with E-state index in [4.69, 9.17) is 0 Å². The van der Waals surface area contributed by atoms with Crippen molar-refractivity contribution < 1.29 is 0 Å². The molecule has 0 aromatic rings. The lowest BCUT2D eigenvalue weighted by Crippen LogP contribution is -2.37. The van der Waals surface area contributed by atoms with Crippen LogP contribution in [0.5, 0.6) is 0 Å². The van der Waals surface area contributed by atoms with Crippen molar-refractivity contribution >= 4 is 0 Å². The molecule has 0 bridgehead atoms. The van der Waals surface area contributed by atoms with Crippen LogP contribution in [0.25, 0.3) is 0 Å². The average Bonchev–Trinajstić information content (AvgIpc) is 2.66. The van der Waals surface area contributed by atoms with E-state index < -0.39 is 0 Å². The van der Waals surface area contributed by atoms with Crippen molar-refractivity contribution in [1.29, 1.82) is 0 Å². The lowest BCUT2D eigenvalue weighted by atomic mass is 9.89. The lowest BCUT2D eigenvalue weighted by Gasteiger charge is -2.24. The fourth-order valence-corrected chi connectivity index (χ4v) is 3.08. The second kappa shape index (κ2) is 5.86. The van der Waals surface area contributed by atoms with Gasteiger partial charge in [-0.25, -0.2) is 0 Å². The van der Waals surface area contributed by atoms with Crippen LogP contribution < -0.4 is 5.32 Å². The number of nitrogens with one attached hydrogen (secondary N) is 1. The number of nitrogens with zero attached hydrogens (tertiary/aromatic N) is 1. The van der Waals surface area contributed by atoms with Gasteiger partial charge in [0, 0.05) is 12.6 Å². The maximum Gasteiger partial charge on any atom is 0.0218 e. The van der Waals surface area contributed by atoms with E-state index in [2.05, 4.69) is 17.3 Å². The Hall–Kier alpha value is -0.0800. The molecule has 2 heteroatoms. The van der Waals surface area contributed by atoms with Crippen molar-refractivity contribution in [3.63, 3.8) is 0 Å². The van der Waals surface area contributed by atoms with Gasteiger partial charge in [0.15, 0.2) is 0 Å². The molecule has 2 nitrogen and oxygen atoms in total. The third kappa shape index (κ3) is 3.46. The Balaban J connectivity index is 1.57. The zero-order valence-electron chi connectivity index (χ0n) is 10.2. The second-order valence-corrected chi connectivity index (χ2v) is 5.44. The molecule has 1 aliphatic carbocycles. The molecular weight excluding hydrogens is 184 g/mol. The molecule has 88 valence electrons. The fraction of sp³-hybridized carbons (Fsp3) is 1.00. The molecular formula is C13H26N2.